The number of benzene rings is 2. The molecule has 3 rings (SSSR count). The second kappa shape index (κ2) is 10.7. The summed E-state index contributed by atoms with van der Waals surface area (Å²) in [6.45, 7) is 6.97. The quantitative estimate of drug-likeness (QED) is 0.719. The van der Waals surface area contributed by atoms with Crippen molar-refractivity contribution in [1.82, 2.24) is 15.5 Å². The average Bonchev–Trinajstić information content (AvgIpc) is 2.74. The van der Waals surface area contributed by atoms with Crippen molar-refractivity contribution in [3.63, 3.8) is 0 Å². The number of ether oxygens (including phenoxy) is 1. The van der Waals surface area contributed by atoms with Gasteiger partial charge in [0.2, 0.25) is 5.91 Å². The number of amides is 2. The molecule has 2 aromatic carbocycles. The Kier molecular flexibility index (Phi) is 7.78. The third-order valence-corrected chi connectivity index (χ3v) is 5.12. The lowest BCUT2D eigenvalue weighted by molar-refractivity contribution is -0.121. The van der Waals surface area contributed by atoms with Crippen molar-refractivity contribution in [2.24, 2.45) is 0 Å². The van der Waals surface area contributed by atoms with Crippen LogP contribution >= 0.6 is 0 Å². The Balaban J connectivity index is 1.43. The van der Waals surface area contributed by atoms with Crippen molar-refractivity contribution in [3.05, 3.63) is 70.8 Å². The number of carbonyl (C=O) groups excluding carboxylic acids is 2. The highest BCUT2D eigenvalue weighted by molar-refractivity contribution is 5.95. The summed E-state index contributed by atoms with van der Waals surface area (Å²) < 4.78 is 5.41. The summed E-state index contributed by atoms with van der Waals surface area (Å²) in [7, 11) is 0. The fourth-order valence-corrected chi connectivity index (χ4v) is 3.38. The SMILES string of the molecule is Cc1ccccc1C(=O)NCCC(=O)NCc1ccccc1CN1CCOCC1. The number of hydrogen-bond acceptors (Lipinski definition) is 4. The zero-order chi connectivity index (χ0) is 20.5. The molecule has 0 atom stereocenters. The first-order valence-electron chi connectivity index (χ1n) is 10.1. The van der Waals surface area contributed by atoms with Crippen LogP contribution in [0.25, 0.3) is 0 Å². The molecule has 0 unspecified atom stereocenters. The summed E-state index contributed by atoms with van der Waals surface area (Å²) >= 11 is 0. The summed E-state index contributed by atoms with van der Waals surface area (Å²) in [6, 6.07) is 15.6. The summed E-state index contributed by atoms with van der Waals surface area (Å²) in [4.78, 5) is 26.8. The van der Waals surface area contributed by atoms with Crippen LogP contribution in [0, 0.1) is 6.92 Å². The van der Waals surface area contributed by atoms with Crippen molar-refractivity contribution in [1.29, 1.82) is 0 Å². The van der Waals surface area contributed by atoms with Gasteiger partial charge in [-0.25, -0.2) is 0 Å². The fraction of sp³-hybridized carbons (Fsp3) is 0.391. The first kappa shape index (κ1) is 21.0. The van der Waals surface area contributed by atoms with Gasteiger partial charge in [-0.3, -0.25) is 14.5 Å². The molecule has 0 saturated carbocycles. The van der Waals surface area contributed by atoms with Crippen LogP contribution in [0.3, 0.4) is 0 Å². The van der Waals surface area contributed by atoms with E-state index in [1.165, 1.54) is 5.56 Å². The maximum atomic E-state index is 12.2. The largest absolute Gasteiger partial charge is 0.379 e. The first-order valence-corrected chi connectivity index (χ1v) is 10.1. The van der Waals surface area contributed by atoms with E-state index in [-0.39, 0.29) is 18.2 Å². The van der Waals surface area contributed by atoms with Crippen molar-refractivity contribution < 1.29 is 14.3 Å². The highest BCUT2D eigenvalue weighted by Gasteiger charge is 2.13. The van der Waals surface area contributed by atoms with Crippen LogP contribution in [-0.2, 0) is 22.6 Å². The van der Waals surface area contributed by atoms with Crippen LogP contribution in [-0.4, -0.2) is 49.6 Å². The lowest BCUT2D eigenvalue weighted by Gasteiger charge is -2.27. The number of rotatable bonds is 8. The molecule has 2 N–H and O–H groups in total. The Labute approximate surface area is 172 Å². The predicted octanol–water partition coefficient (Wildman–Crippen LogP) is 2.26. The van der Waals surface area contributed by atoms with E-state index in [4.69, 9.17) is 4.74 Å². The first-order chi connectivity index (χ1) is 14.1. The molecule has 6 nitrogen and oxygen atoms in total. The van der Waals surface area contributed by atoms with Crippen molar-refractivity contribution >= 4 is 11.8 Å². The van der Waals surface area contributed by atoms with Crippen molar-refractivity contribution in [2.75, 3.05) is 32.8 Å². The molecular formula is C23H29N3O3. The van der Waals surface area contributed by atoms with Gasteiger partial charge < -0.3 is 15.4 Å². The Morgan fingerprint density at radius 1 is 0.966 bits per heavy atom. The third kappa shape index (κ3) is 6.41. The van der Waals surface area contributed by atoms with E-state index in [1.807, 2.05) is 37.3 Å². The van der Waals surface area contributed by atoms with Crippen molar-refractivity contribution in [2.45, 2.75) is 26.4 Å². The number of hydrogen-bond donors (Lipinski definition) is 2. The Hall–Kier alpha value is -2.70. The molecule has 2 amide bonds. The molecule has 1 heterocycles. The van der Waals surface area contributed by atoms with Gasteiger partial charge in [-0.05, 0) is 29.7 Å². The zero-order valence-corrected chi connectivity index (χ0v) is 16.9. The van der Waals surface area contributed by atoms with E-state index in [0.717, 1.165) is 44.0 Å². The molecule has 0 aliphatic carbocycles. The van der Waals surface area contributed by atoms with Gasteiger partial charge in [0.05, 0.1) is 13.2 Å². The Morgan fingerprint density at radius 2 is 1.66 bits per heavy atom. The molecule has 0 spiro atoms. The molecule has 2 aromatic rings. The molecule has 1 aliphatic heterocycles. The molecule has 29 heavy (non-hydrogen) atoms. The number of aryl methyl sites for hydroxylation is 1. The van der Waals surface area contributed by atoms with E-state index in [0.29, 0.717) is 18.7 Å². The Bertz CT molecular complexity index is 832. The zero-order valence-electron chi connectivity index (χ0n) is 16.9. The highest BCUT2D eigenvalue weighted by Crippen LogP contribution is 2.13. The standard InChI is InChI=1S/C23H29N3O3/c1-18-6-2-5-9-21(18)23(28)24-11-10-22(27)25-16-19-7-3-4-8-20(19)17-26-12-14-29-15-13-26/h2-9H,10-17H2,1H3,(H,24,28)(H,25,27). The maximum absolute atomic E-state index is 12.2. The minimum atomic E-state index is -0.147. The number of nitrogens with one attached hydrogen (secondary N) is 2. The molecule has 1 saturated heterocycles. The van der Waals surface area contributed by atoms with Gasteiger partial charge >= 0.3 is 0 Å². The van der Waals surface area contributed by atoms with Gasteiger partial charge in [-0.15, -0.1) is 0 Å². The van der Waals surface area contributed by atoms with E-state index in [1.54, 1.807) is 6.07 Å². The van der Waals surface area contributed by atoms with Crippen LogP contribution in [0.4, 0.5) is 0 Å². The summed E-state index contributed by atoms with van der Waals surface area (Å²) in [5.74, 6) is -0.219. The minimum absolute atomic E-state index is 0.0729. The van der Waals surface area contributed by atoms with Gasteiger partial charge in [0.15, 0.2) is 0 Å². The van der Waals surface area contributed by atoms with Crippen LogP contribution in [0.15, 0.2) is 48.5 Å². The van der Waals surface area contributed by atoms with Gasteiger partial charge in [-0.2, -0.15) is 0 Å². The average molecular weight is 396 g/mol. The highest BCUT2D eigenvalue weighted by atomic mass is 16.5. The van der Waals surface area contributed by atoms with Crippen molar-refractivity contribution in [3.8, 4) is 0 Å². The second-order valence-corrected chi connectivity index (χ2v) is 7.25. The minimum Gasteiger partial charge on any atom is -0.379 e. The van der Waals surface area contributed by atoms with Crippen LogP contribution in [0.2, 0.25) is 0 Å². The lowest BCUT2D eigenvalue weighted by Crippen LogP contribution is -2.36. The number of carbonyl (C=O) groups is 2. The molecule has 154 valence electrons. The van der Waals surface area contributed by atoms with Crippen LogP contribution in [0.5, 0.6) is 0 Å². The molecule has 6 heteroatoms. The lowest BCUT2D eigenvalue weighted by atomic mass is 10.1. The van der Waals surface area contributed by atoms with E-state index < -0.39 is 0 Å². The Morgan fingerprint density at radius 3 is 2.41 bits per heavy atom. The molecule has 0 radical (unpaired) electrons. The summed E-state index contributed by atoms with van der Waals surface area (Å²) in [5, 5.41) is 5.78. The van der Waals surface area contributed by atoms with Gasteiger partial charge in [0.25, 0.3) is 5.91 Å². The van der Waals surface area contributed by atoms with E-state index in [9.17, 15) is 9.59 Å². The maximum Gasteiger partial charge on any atom is 0.251 e. The van der Waals surface area contributed by atoms with Crippen LogP contribution in [0.1, 0.15) is 33.5 Å². The van der Waals surface area contributed by atoms with Gasteiger partial charge in [0, 0.05) is 44.7 Å². The van der Waals surface area contributed by atoms with Gasteiger partial charge in [0.1, 0.15) is 0 Å². The smallest absolute Gasteiger partial charge is 0.251 e. The predicted molar refractivity (Wildman–Crippen MR) is 113 cm³/mol. The third-order valence-electron chi connectivity index (χ3n) is 5.12. The molecule has 0 aromatic heterocycles. The molecule has 1 fully saturated rings. The monoisotopic (exact) mass is 395 g/mol. The topological polar surface area (TPSA) is 70.7 Å². The van der Waals surface area contributed by atoms with E-state index in [2.05, 4.69) is 27.7 Å². The van der Waals surface area contributed by atoms with Gasteiger partial charge in [-0.1, -0.05) is 42.5 Å². The van der Waals surface area contributed by atoms with Crippen LogP contribution < -0.4 is 10.6 Å². The normalized spacial score (nSPS) is 14.4. The fourth-order valence-electron chi connectivity index (χ4n) is 3.38. The number of morpholine rings is 1. The number of nitrogens with zero attached hydrogens (tertiary/aromatic N) is 1. The summed E-state index contributed by atoms with van der Waals surface area (Å²) in [6.07, 6.45) is 0.253. The second-order valence-electron chi connectivity index (χ2n) is 7.25. The summed E-state index contributed by atoms with van der Waals surface area (Å²) in [5.41, 5.74) is 3.91. The van der Waals surface area contributed by atoms with E-state index >= 15 is 0 Å². The molecule has 1 aliphatic rings. The molecule has 0 bridgehead atoms. The molecular weight excluding hydrogens is 366 g/mol.